The lowest BCUT2D eigenvalue weighted by Crippen LogP contribution is -2.31. The van der Waals surface area contributed by atoms with Crippen molar-refractivity contribution in [2.75, 3.05) is 18.4 Å². The number of benzene rings is 1. The third kappa shape index (κ3) is 4.38. The maximum atomic E-state index is 12.7. The predicted molar refractivity (Wildman–Crippen MR) is 94.7 cm³/mol. The number of aryl methyl sites for hydroxylation is 1. The van der Waals surface area contributed by atoms with E-state index in [1.165, 1.54) is 0 Å². The van der Waals surface area contributed by atoms with Crippen LogP contribution in [0.15, 0.2) is 33.7 Å². The SMILES string of the molecule is CCc1noc(CNc2ccc(S(=O)(=O)N3CCCCCC3)cc2)n1. The summed E-state index contributed by atoms with van der Waals surface area (Å²) in [5, 5.41) is 7.00. The molecule has 1 aliphatic heterocycles. The van der Waals surface area contributed by atoms with Crippen molar-refractivity contribution in [3.05, 3.63) is 36.0 Å². The molecule has 0 aliphatic carbocycles. The minimum absolute atomic E-state index is 0.339. The molecule has 0 spiro atoms. The Balaban J connectivity index is 1.64. The maximum absolute atomic E-state index is 12.7. The summed E-state index contributed by atoms with van der Waals surface area (Å²) in [5.41, 5.74) is 0.811. The molecule has 1 fully saturated rings. The highest BCUT2D eigenvalue weighted by molar-refractivity contribution is 7.89. The number of nitrogens with zero attached hydrogens (tertiary/aromatic N) is 3. The summed E-state index contributed by atoms with van der Waals surface area (Å²) in [6.07, 6.45) is 4.80. The van der Waals surface area contributed by atoms with Crippen LogP contribution in [0.25, 0.3) is 0 Å². The number of rotatable bonds is 6. The number of anilines is 1. The van der Waals surface area contributed by atoms with E-state index in [1.54, 1.807) is 28.6 Å². The molecule has 0 atom stereocenters. The van der Waals surface area contributed by atoms with Gasteiger partial charge in [-0.3, -0.25) is 0 Å². The van der Waals surface area contributed by atoms with Crippen molar-refractivity contribution in [2.24, 2.45) is 0 Å². The molecule has 0 amide bonds. The molecule has 1 aromatic carbocycles. The molecule has 1 saturated heterocycles. The minimum Gasteiger partial charge on any atom is -0.376 e. The first kappa shape index (κ1) is 17.9. The van der Waals surface area contributed by atoms with Crippen molar-refractivity contribution in [3.8, 4) is 0 Å². The van der Waals surface area contributed by atoms with Gasteiger partial charge in [-0.25, -0.2) is 8.42 Å². The summed E-state index contributed by atoms with van der Waals surface area (Å²) < 4.78 is 32.2. The van der Waals surface area contributed by atoms with E-state index in [4.69, 9.17) is 4.52 Å². The second-order valence-corrected chi connectivity index (χ2v) is 8.09. The number of aromatic nitrogens is 2. The molecular weight excluding hydrogens is 340 g/mol. The molecular formula is C17H24N4O3S. The van der Waals surface area contributed by atoms with Crippen LogP contribution in [0.3, 0.4) is 0 Å². The molecule has 1 aromatic heterocycles. The molecule has 136 valence electrons. The predicted octanol–water partition coefficient (Wildman–Crippen LogP) is 2.81. The second kappa shape index (κ2) is 7.97. The minimum atomic E-state index is -3.40. The molecule has 2 aromatic rings. The smallest absolute Gasteiger partial charge is 0.245 e. The third-order valence-electron chi connectivity index (χ3n) is 4.33. The van der Waals surface area contributed by atoms with Crippen LogP contribution < -0.4 is 5.32 Å². The van der Waals surface area contributed by atoms with Gasteiger partial charge in [-0.05, 0) is 37.1 Å². The Bertz CT molecular complexity index is 778. The summed E-state index contributed by atoms with van der Waals surface area (Å²) in [5.74, 6) is 1.19. The van der Waals surface area contributed by atoms with E-state index in [9.17, 15) is 8.42 Å². The fourth-order valence-corrected chi connectivity index (χ4v) is 4.38. The Labute approximate surface area is 148 Å². The second-order valence-electron chi connectivity index (χ2n) is 6.15. The van der Waals surface area contributed by atoms with Gasteiger partial charge in [-0.1, -0.05) is 24.9 Å². The summed E-state index contributed by atoms with van der Waals surface area (Å²) >= 11 is 0. The molecule has 0 saturated carbocycles. The standard InChI is InChI=1S/C17H24N4O3S/c1-2-16-19-17(24-20-16)13-18-14-7-9-15(10-8-14)25(22,23)21-11-5-3-4-6-12-21/h7-10,18H,2-6,11-13H2,1H3. The molecule has 1 aliphatic rings. The number of hydrogen-bond acceptors (Lipinski definition) is 6. The fourth-order valence-electron chi connectivity index (χ4n) is 2.86. The molecule has 0 bridgehead atoms. The molecule has 7 nitrogen and oxygen atoms in total. The lowest BCUT2D eigenvalue weighted by atomic mass is 10.2. The van der Waals surface area contributed by atoms with Crippen LogP contribution in [0.5, 0.6) is 0 Å². The summed E-state index contributed by atoms with van der Waals surface area (Å²) in [4.78, 5) is 4.57. The molecule has 2 heterocycles. The van der Waals surface area contributed by atoms with Gasteiger partial charge in [0.15, 0.2) is 5.82 Å². The maximum Gasteiger partial charge on any atom is 0.245 e. The molecule has 1 N–H and O–H groups in total. The van der Waals surface area contributed by atoms with E-state index in [0.717, 1.165) is 37.8 Å². The van der Waals surface area contributed by atoms with Crippen LogP contribution in [0.4, 0.5) is 5.69 Å². The van der Waals surface area contributed by atoms with E-state index in [2.05, 4.69) is 15.5 Å². The van der Waals surface area contributed by atoms with Gasteiger partial charge in [0.2, 0.25) is 15.9 Å². The highest BCUT2D eigenvalue weighted by atomic mass is 32.2. The third-order valence-corrected chi connectivity index (χ3v) is 6.24. The zero-order chi connectivity index (χ0) is 17.7. The van der Waals surface area contributed by atoms with Crippen molar-refractivity contribution < 1.29 is 12.9 Å². The summed E-state index contributed by atoms with van der Waals surface area (Å²) in [6, 6.07) is 6.82. The largest absolute Gasteiger partial charge is 0.376 e. The van der Waals surface area contributed by atoms with Crippen LogP contribution in [-0.4, -0.2) is 36.0 Å². The van der Waals surface area contributed by atoms with E-state index in [-0.39, 0.29) is 0 Å². The van der Waals surface area contributed by atoms with Gasteiger partial charge in [0.1, 0.15) is 0 Å². The van der Waals surface area contributed by atoms with Gasteiger partial charge >= 0.3 is 0 Å². The van der Waals surface area contributed by atoms with Crippen LogP contribution >= 0.6 is 0 Å². The quantitative estimate of drug-likeness (QED) is 0.848. The Morgan fingerprint density at radius 3 is 2.40 bits per heavy atom. The molecule has 0 radical (unpaired) electrons. The zero-order valence-electron chi connectivity index (χ0n) is 14.4. The van der Waals surface area contributed by atoms with Crippen LogP contribution in [0.1, 0.15) is 44.3 Å². The van der Waals surface area contributed by atoms with Crippen LogP contribution in [-0.2, 0) is 23.0 Å². The van der Waals surface area contributed by atoms with Gasteiger partial charge in [0, 0.05) is 25.2 Å². The first-order valence-electron chi connectivity index (χ1n) is 8.75. The Morgan fingerprint density at radius 1 is 1.12 bits per heavy atom. The van der Waals surface area contributed by atoms with Gasteiger partial charge < -0.3 is 9.84 Å². The average molecular weight is 364 g/mol. The van der Waals surface area contributed by atoms with E-state index in [0.29, 0.717) is 36.2 Å². The number of nitrogens with one attached hydrogen (secondary N) is 1. The Morgan fingerprint density at radius 2 is 1.80 bits per heavy atom. The Kier molecular flexibility index (Phi) is 5.70. The first-order chi connectivity index (χ1) is 12.1. The van der Waals surface area contributed by atoms with Gasteiger partial charge in [-0.2, -0.15) is 9.29 Å². The fraction of sp³-hybridized carbons (Fsp3) is 0.529. The van der Waals surface area contributed by atoms with Crippen molar-refractivity contribution in [1.29, 1.82) is 0 Å². The molecule has 25 heavy (non-hydrogen) atoms. The van der Waals surface area contributed by atoms with E-state index >= 15 is 0 Å². The van der Waals surface area contributed by atoms with Crippen molar-refractivity contribution in [2.45, 2.75) is 50.5 Å². The first-order valence-corrected chi connectivity index (χ1v) is 10.2. The monoisotopic (exact) mass is 364 g/mol. The topological polar surface area (TPSA) is 88.3 Å². The highest BCUT2D eigenvalue weighted by Gasteiger charge is 2.24. The zero-order valence-corrected chi connectivity index (χ0v) is 15.3. The molecule has 0 unspecified atom stereocenters. The van der Waals surface area contributed by atoms with E-state index in [1.807, 2.05) is 6.92 Å². The molecule has 8 heteroatoms. The van der Waals surface area contributed by atoms with Crippen molar-refractivity contribution >= 4 is 15.7 Å². The van der Waals surface area contributed by atoms with Gasteiger partial charge in [0.25, 0.3) is 0 Å². The van der Waals surface area contributed by atoms with Crippen LogP contribution in [0.2, 0.25) is 0 Å². The number of sulfonamides is 1. The van der Waals surface area contributed by atoms with Crippen LogP contribution in [0, 0.1) is 0 Å². The Hall–Kier alpha value is -1.93. The lowest BCUT2D eigenvalue weighted by molar-refractivity contribution is 0.378. The van der Waals surface area contributed by atoms with Crippen molar-refractivity contribution in [1.82, 2.24) is 14.4 Å². The molecule has 3 rings (SSSR count). The normalized spacial score (nSPS) is 16.5. The van der Waals surface area contributed by atoms with Crippen molar-refractivity contribution in [3.63, 3.8) is 0 Å². The number of hydrogen-bond donors (Lipinski definition) is 1. The van der Waals surface area contributed by atoms with E-state index < -0.39 is 10.0 Å². The van der Waals surface area contributed by atoms with Gasteiger partial charge in [-0.15, -0.1) is 0 Å². The summed E-state index contributed by atoms with van der Waals surface area (Å²) in [7, 11) is -3.40. The lowest BCUT2D eigenvalue weighted by Gasteiger charge is -2.20. The highest BCUT2D eigenvalue weighted by Crippen LogP contribution is 2.22. The summed E-state index contributed by atoms with van der Waals surface area (Å²) in [6.45, 7) is 3.59. The van der Waals surface area contributed by atoms with Gasteiger partial charge in [0.05, 0.1) is 11.4 Å². The average Bonchev–Trinajstić information content (AvgIpc) is 2.91.